The number of ether oxygens (including phenoxy) is 1. The van der Waals surface area contributed by atoms with Gasteiger partial charge in [-0.2, -0.15) is 0 Å². The van der Waals surface area contributed by atoms with E-state index in [1.54, 1.807) is 0 Å². The summed E-state index contributed by atoms with van der Waals surface area (Å²) in [6.07, 6.45) is 0.742. The van der Waals surface area contributed by atoms with Crippen LogP contribution in [0.1, 0.15) is 12.8 Å². The molecule has 0 aliphatic carbocycles. The Morgan fingerprint density at radius 2 is 2.24 bits per heavy atom. The third kappa shape index (κ3) is 3.17. The Bertz CT molecular complexity index is 388. The molecular formula is C10H17NO5S. The van der Waals surface area contributed by atoms with Crippen molar-refractivity contribution in [2.24, 2.45) is 0 Å². The summed E-state index contributed by atoms with van der Waals surface area (Å²) in [5.41, 5.74) is 0. The van der Waals surface area contributed by atoms with Gasteiger partial charge in [0.1, 0.15) is 0 Å². The Morgan fingerprint density at radius 1 is 1.47 bits per heavy atom. The van der Waals surface area contributed by atoms with Gasteiger partial charge in [0.15, 0.2) is 9.84 Å². The first kappa shape index (κ1) is 12.8. The summed E-state index contributed by atoms with van der Waals surface area (Å²) in [5, 5.41) is 8.84. The van der Waals surface area contributed by atoms with Crippen LogP contribution in [-0.2, 0) is 19.4 Å². The number of rotatable bonds is 3. The van der Waals surface area contributed by atoms with Gasteiger partial charge in [0, 0.05) is 25.2 Å². The van der Waals surface area contributed by atoms with E-state index < -0.39 is 21.8 Å². The lowest BCUT2D eigenvalue weighted by molar-refractivity contribution is -0.138. The molecule has 0 aromatic rings. The fraction of sp³-hybridized carbons (Fsp3) is 0.900. The van der Waals surface area contributed by atoms with Crippen LogP contribution < -0.4 is 0 Å². The third-order valence-electron chi connectivity index (χ3n) is 3.36. The molecule has 0 radical (unpaired) electrons. The molecular weight excluding hydrogens is 246 g/mol. The molecule has 0 spiro atoms. The van der Waals surface area contributed by atoms with Crippen molar-refractivity contribution in [2.75, 3.05) is 31.3 Å². The van der Waals surface area contributed by atoms with Gasteiger partial charge >= 0.3 is 5.97 Å². The number of carbonyl (C=O) groups is 1. The Morgan fingerprint density at radius 3 is 2.82 bits per heavy atom. The summed E-state index contributed by atoms with van der Waals surface area (Å²) < 4.78 is 28.4. The van der Waals surface area contributed by atoms with Crippen molar-refractivity contribution >= 4 is 15.8 Å². The van der Waals surface area contributed by atoms with Crippen molar-refractivity contribution in [3.63, 3.8) is 0 Å². The normalized spacial score (nSPS) is 33.6. The predicted octanol–water partition coefficient (Wildman–Crippen LogP) is -0.651. The molecule has 98 valence electrons. The average molecular weight is 263 g/mol. The van der Waals surface area contributed by atoms with Crippen LogP contribution in [0.3, 0.4) is 0 Å². The lowest BCUT2D eigenvalue weighted by Crippen LogP contribution is -2.53. The molecule has 2 aliphatic heterocycles. The van der Waals surface area contributed by atoms with Crippen LogP contribution in [0.5, 0.6) is 0 Å². The highest BCUT2D eigenvalue weighted by Gasteiger charge is 2.37. The van der Waals surface area contributed by atoms with Crippen LogP contribution in [0.2, 0.25) is 0 Å². The summed E-state index contributed by atoms with van der Waals surface area (Å²) in [7, 11) is -3.09. The van der Waals surface area contributed by atoms with Crippen molar-refractivity contribution in [1.29, 1.82) is 0 Å². The van der Waals surface area contributed by atoms with E-state index in [1.807, 2.05) is 4.90 Å². The lowest BCUT2D eigenvalue weighted by Gasteiger charge is -2.38. The third-order valence-corrected chi connectivity index (χ3v) is 5.06. The van der Waals surface area contributed by atoms with E-state index in [0.29, 0.717) is 19.8 Å². The second-order valence-corrected chi connectivity index (χ2v) is 6.85. The van der Waals surface area contributed by atoms with Gasteiger partial charge in [-0.05, 0) is 6.42 Å². The number of aliphatic carboxylic acids is 1. The molecule has 6 nitrogen and oxygen atoms in total. The van der Waals surface area contributed by atoms with Crippen LogP contribution in [-0.4, -0.2) is 67.7 Å². The van der Waals surface area contributed by atoms with Gasteiger partial charge in [-0.15, -0.1) is 0 Å². The van der Waals surface area contributed by atoms with Gasteiger partial charge in [0.2, 0.25) is 0 Å². The van der Waals surface area contributed by atoms with Crippen LogP contribution in [0, 0.1) is 0 Å². The Balaban J connectivity index is 2.09. The second-order valence-electron chi connectivity index (χ2n) is 4.62. The first-order valence-electron chi connectivity index (χ1n) is 5.73. The van der Waals surface area contributed by atoms with Crippen LogP contribution in [0.4, 0.5) is 0 Å². The van der Waals surface area contributed by atoms with Crippen LogP contribution in [0.15, 0.2) is 0 Å². The summed E-state index contributed by atoms with van der Waals surface area (Å²) >= 11 is 0. The lowest BCUT2D eigenvalue weighted by atomic mass is 10.1. The number of carboxylic acids is 1. The Labute approximate surface area is 100 Å². The number of carboxylic acid groups (broad SMARTS) is 1. The molecule has 0 bridgehead atoms. The summed E-state index contributed by atoms with van der Waals surface area (Å²) in [6, 6.07) is -0.229. The van der Waals surface area contributed by atoms with Gasteiger partial charge in [-0.1, -0.05) is 0 Å². The predicted molar refractivity (Wildman–Crippen MR) is 60.6 cm³/mol. The second kappa shape index (κ2) is 4.91. The number of hydrogen-bond acceptors (Lipinski definition) is 5. The molecule has 2 rings (SSSR count). The average Bonchev–Trinajstić information content (AvgIpc) is 2.68. The van der Waals surface area contributed by atoms with Crippen molar-refractivity contribution < 1.29 is 23.1 Å². The molecule has 0 aromatic carbocycles. The van der Waals surface area contributed by atoms with Crippen molar-refractivity contribution in [3.05, 3.63) is 0 Å². The van der Waals surface area contributed by atoms with E-state index in [1.165, 1.54) is 0 Å². The van der Waals surface area contributed by atoms with E-state index >= 15 is 0 Å². The topological polar surface area (TPSA) is 83.9 Å². The molecule has 1 N–H and O–H groups in total. The smallest absolute Gasteiger partial charge is 0.304 e. The molecule has 2 atom stereocenters. The highest BCUT2D eigenvalue weighted by atomic mass is 32.2. The standard InChI is InChI=1S/C10H17NO5S/c12-10(13)5-9-7-17(14,15)4-2-11(9)8-1-3-16-6-8/h8-9H,1-7H2,(H,12,13). The fourth-order valence-corrected chi connectivity index (χ4v) is 4.09. The molecule has 0 amide bonds. The number of hydrogen-bond donors (Lipinski definition) is 1. The zero-order valence-electron chi connectivity index (χ0n) is 9.54. The van der Waals surface area contributed by atoms with E-state index in [9.17, 15) is 13.2 Å². The quantitative estimate of drug-likeness (QED) is 0.728. The Kier molecular flexibility index (Phi) is 3.70. The highest BCUT2D eigenvalue weighted by molar-refractivity contribution is 7.91. The number of nitrogens with zero attached hydrogens (tertiary/aromatic N) is 1. The zero-order valence-corrected chi connectivity index (χ0v) is 10.4. The largest absolute Gasteiger partial charge is 0.481 e. The van der Waals surface area contributed by atoms with Crippen LogP contribution in [0.25, 0.3) is 0 Å². The molecule has 7 heteroatoms. The Hall–Kier alpha value is -0.660. The molecule has 2 heterocycles. The van der Waals surface area contributed by atoms with E-state index in [0.717, 1.165) is 6.42 Å². The SMILES string of the molecule is O=C(O)CC1CS(=O)(=O)CCN1C1CCOC1. The summed E-state index contributed by atoms with van der Waals surface area (Å²) in [6.45, 7) is 1.68. The van der Waals surface area contributed by atoms with E-state index in [2.05, 4.69) is 0 Å². The first-order valence-corrected chi connectivity index (χ1v) is 7.56. The molecule has 17 heavy (non-hydrogen) atoms. The van der Waals surface area contributed by atoms with Crippen molar-refractivity contribution in [1.82, 2.24) is 4.90 Å². The van der Waals surface area contributed by atoms with Crippen LogP contribution >= 0.6 is 0 Å². The summed E-state index contributed by atoms with van der Waals surface area (Å²) in [5.74, 6) is -0.869. The maximum absolute atomic E-state index is 11.6. The first-order chi connectivity index (χ1) is 7.98. The molecule has 2 aliphatic rings. The maximum Gasteiger partial charge on any atom is 0.304 e. The fourth-order valence-electron chi connectivity index (χ4n) is 2.54. The molecule has 2 fully saturated rings. The van der Waals surface area contributed by atoms with Gasteiger partial charge in [-0.3, -0.25) is 9.69 Å². The van der Waals surface area contributed by atoms with Gasteiger partial charge < -0.3 is 9.84 Å². The summed E-state index contributed by atoms with van der Waals surface area (Å²) in [4.78, 5) is 12.8. The van der Waals surface area contributed by atoms with E-state index in [-0.39, 0.29) is 24.0 Å². The zero-order chi connectivity index (χ0) is 12.5. The maximum atomic E-state index is 11.6. The van der Waals surface area contributed by atoms with Crippen molar-refractivity contribution in [2.45, 2.75) is 24.9 Å². The molecule has 0 saturated carbocycles. The molecule has 0 aromatic heterocycles. The van der Waals surface area contributed by atoms with E-state index in [4.69, 9.17) is 9.84 Å². The van der Waals surface area contributed by atoms with Gasteiger partial charge in [0.25, 0.3) is 0 Å². The minimum absolute atomic E-state index is 0.0458. The minimum Gasteiger partial charge on any atom is -0.481 e. The van der Waals surface area contributed by atoms with Gasteiger partial charge in [0.05, 0.1) is 24.5 Å². The monoisotopic (exact) mass is 263 g/mol. The molecule has 2 saturated heterocycles. The minimum atomic E-state index is -3.09. The number of sulfone groups is 1. The molecule has 2 unspecified atom stereocenters. The highest BCUT2D eigenvalue weighted by Crippen LogP contribution is 2.22. The van der Waals surface area contributed by atoms with Gasteiger partial charge in [-0.25, -0.2) is 8.42 Å². The van der Waals surface area contributed by atoms with Crippen molar-refractivity contribution in [3.8, 4) is 0 Å².